The first kappa shape index (κ1) is 18.0. The molecule has 2 aliphatic rings. The second kappa shape index (κ2) is 7.72. The molecule has 3 heterocycles. The van der Waals surface area contributed by atoms with Crippen molar-refractivity contribution in [1.82, 2.24) is 9.97 Å². The van der Waals surface area contributed by atoms with Crippen LogP contribution in [0.4, 0.5) is 11.8 Å². The Morgan fingerprint density at radius 1 is 1.19 bits per heavy atom. The van der Waals surface area contributed by atoms with Gasteiger partial charge in [0.05, 0.1) is 18.8 Å². The fourth-order valence-electron chi connectivity index (χ4n) is 4.18. The number of hydrogen-bond donors (Lipinski definition) is 1. The van der Waals surface area contributed by atoms with E-state index < -0.39 is 0 Å². The number of benzene rings is 1. The van der Waals surface area contributed by atoms with Gasteiger partial charge in [-0.1, -0.05) is 30.3 Å². The number of nitrogens with zero attached hydrogens (tertiary/aromatic N) is 3. The molecule has 0 saturated carbocycles. The van der Waals surface area contributed by atoms with Gasteiger partial charge >= 0.3 is 0 Å². The van der Waals surface area contributed by atoms with Crippen molar-refractivity contribution >= 4 is 11.8 Å². The molecule has 0 bridgehead atoms. The Kier molecular flexibility index (Phi) is 5.16. The molecule has 0 radical (unpaired) electrons. The minimum Gasteiger partial charge on any atom is -0.375 e. The largest absolute Gasteiger partial charge is 0.375 e. The van der Waals surface area contributed by atoms with Gasteiger partial charge in [0.1, 0.15) is 5.82 Å². The van der Waals surface area contributed by atoms with Crippen LogP contribution in [0.15, 0.2) is 41.2 Å². The molecule has 2 aromatic rings. The van der Waals surface area contributed by atoms with Gasteiger partial charge in [-0.15, -0.1) is 0 Å². The van der Waals surface area contributed by atoms with E-state index in [1.165, 1.54) is 5.56 Å². The predicted octanol–water partition coefficient (Wildman–Crippen LogP) is 2.59. The Bertz CT molecular complexity index is 822. The van der Waals surface area contributed by atoms with Crippen LogP contribution in [0.25, 0.3) is 0 Å². The van der Waals surface area contributed by atoms with Crippen LogP contribution in [-0.2, 0) is 11.2 Å². The molecule has 0 unspecified atom stereocenters. The Morgan fingerprint density at radius 3 is 2.81 bits per heavy atom. The first-order valence-corrected chi connectivity index (χ1v) is 9.92. The molecular formula is C21H28N4O2. The molecule has 0 spiro atoms. The van der Waals surface area contributed by atoms with E-state index in [1.807, 2.05) is 6.07 Å². The van der Waals surface area contributed by atoms with Crippen molar-refractivity contribution in [1.29, 1.82) is 0 Å². The number of H-pyrrole nitrogens is 1. The molecule has 0 amide bonds. The second-order valence-electron chi connectivity index (χ2n) is 7.62. The fourth-order valence-corrected chi connectivity index (χ4v) is 4.18. The monoisotopic (exact) mass is 368 g/mol. The van der Waals surface area contributed by atoms with Crippen LogP contribution < -0.4 is 15.4 Å². The van der Waals surface area contributed by atoms with Crippen LogP contribution in [0.2, 0.25) is 0 Å². The van der Waals surface area contributed by atoms with Crippen LogP contribution in [-0.4, -0.2) is 47.9 Å². The lowest BCUT2D eigenvalue weighted by atomic mass is 10.0. The van der Waals surface area contributed by atoms with E-state index in [-0.39, 0.29) is 17.7 Å². The lowest BCUT2D eigenvalue weighted by molar-refractivity contribution is 0.0281. The van der Waals surface area contributed by atoms with Crippen molar-refractivity contribution in [3.63, 3.8) is 0 Å². The number of aromatic nitrogens is 2. The van der Waals surface area contributed by atoms with E-state index in [2.05, 4.69) is 52.9 Å². The molecule has 1 aromatic heterocycles. The second-order valence-corrected chi connectivity index (χ2v) is 7.62. The number of morpholine rings is 1. The lowest BCUT2D eigenvalue weighted by Crippen LogP contribution is -2.49. The molecule has 1 N–H and O–H groups in total. The van der Waals surface area contributed by atoms with Crippen molar-refractivity contribution < 1.29 is 4.74 Å². The smallest absolute Gasteiger partial charge is 0.254 e. The maximum absolute atomic E-state index is 12.4. The number of rotatable bonds is 4. The van der Waals surface area contributed by atoms with Crippen molar-refractivity contribution in [3.05, 3.63) is 52.3 Å². The highest BCUT2D eigenvalue weighted by atomic mass is 16.5. The first-order chi connectivity index (χ1) is 13.1. The van der Waals surface area contributed by atoms with Crippen molar-refractivity contribution in [2.24, 2.45) is 0 Å². The lowest BCUT2D eigenvalue weighted by Gasteiger charge is -2.38. The quantitative estimate of drug-likeness (QED) is 0.899. The summed E-state index contributed by atoms with van der Waals surface area (Å²) in [6, 6.07) is 12.7. The van der Waals surface area contributed by atoms with Crippen LogP contribution in [0, 0.1) is 0 Å². The van der Waals surface area contributed by atoms with E-state index >= 15 is 0 Å². The van der Waals surface area contributed by atoms with E-state index in [0.717, 1.165) is 38.2 Å². The third-order valence-electron chi connectivity index (χ3n) is 5.86. The van der Waals surface area contributed by atoms with Crippen LogP contribution in [0.5, 0.6) is 0 Å². The summed E-state index contributed by atoms with van der Waals surface area (Å²) >= 11 is 0. The van der Waals surface area contributed by atoms with Crippen molar-refractivity contribution in [3.8, 4) is 0 Å². The van der Waals surface area contributed by atoms with Gasteiger partial charge in [0, 0.05) is 25.2 Å². The number of hydrogen-bond acceptors (Lipinski definition) is 5. The SMILES string of the molecule is C[C@H]1OCCN(c2cc(=O)[nH]c(N3CCC[C@H]3Cc3ccccc3)n2)[C@H]1C. The Hall–Kier alpha value is -2.34. The zero-order chi connectivity index (χ0) is 18.8. The maximum atomic E-state index is 12.4. The predicted molar refractivity (Wildman–Crippen MR) is 108 cm³/mol. The molecular weight excluding hydrogens is 340 g/mol. The average Bonchev–Trinajstić information content (AvgIpc) is 3.12. The number of aromatic amines is 1. The summed E-state index contributed by atoms with van der Waals surface area (Å²) in [6.07, 6.45) is 3.34. The van der Waals surface area contributed by atoms with Gasteiger partial charge in [-0.3, -0.25) is 9.78 Å². The fraction of sp³-hybridized carbons (Fsp3) is 0.524. The highest BCUT2D eigenvalue weighted by molar-refractivity contribution is 5.46. The molecule has 2 saturated heterocycles. The van der Waals surface area contributed by atoms with Crippen molar-refractivity contribution in [2.45, 2.75) is 51.3 Å². The number of nitrogens with one attached hydrogen (secondary N) is 1. The Labute approximate surface area is 160 Å². The van der Waals surface area contributed by atoms with Gasteiger partial charge in [0.15, 0.2) is 0 Å². The zero-order valence-corrected chi connectivity index (χ0v) is 16.1. The summed E-state index contributed by atoms with van der Waals surface area (Å²) in [6.45, 7) is 6.55. The van der Waals surface area contributed by atoms with E-state index in [4.69, 9.17) is 9.72 Å². The van der Waals surface area contributed by atoms with E-state index in [0.29, 0.717) is 18.6 Å². The molecule has 4 rings (SSSR count). The minimum absolute atomic E-state index is 0.0910. The standard InChI is InChI=1S/C21H28N4O2/c1-15-16(2)27-12-11-24(15)19-14-20(26)23-21(22-19)25-10-6-9-18(25)13-17-7-4-3-5-8-17/h3-5,7-8,14-16,18H,6,9-13H2,1-2H3,(H,22,23,26)/t15-,16+,18-/m0/s1. The molecule has 144 valence electrons. The van der Waals surface area contributed by atoms with E-state index in [9.17, 15) is 4.79 Å². The van der Waals surface area contributed by atoms with Gasteiger partial charge in [-0.05, 0) is 38.7 Å². The zero-order valence-electron chi connectivity index (χ0n) is 16.1. The number of anilines is 2. The van der Waals surface area contributed by atoms with Gasteiger partial charge in [0.25, 0.3) is 5.56 Å². The molecule has 0 aliphatic carbocycles. The third-order valence-corrected chi connectivity index (χ3v) is 5.86. The molecule has 27 heavy (non-hydrogen) atoms. The molecule has 1 aromatic carbocycles. The van der Waals surface area contributed by atoms with Crippen LogP contribution in [0.3, 0.4) is 0 Å². The van der Waals surface area contributed by atoms with E-state index in [1.54, 1.807) is 6.07 Å². The normalized spacial score (nSPS) is 25.8. The minimum atomic E-state index is -0.0910. The van der Waals surface area contributed by atoms with Gasteiger partial charge in [-0.25, -0.2) is 0 Å². The van der Waals surface area contributed by atoms with Crippen LogP contribution >= 0.6 is 0 Å². The molecule has 2 fully saturated rings. The van der Waals surface area contributed by atoms with Crippen LogP contribution in [0.1, 0.15) is 32.3 Å². The molecule has 6 heteroatoms. The summed E-state index contributed by atoms with van der Waals surface area (Å²) in [5, 5.41) is 0. The van der Waals surface area contributed by atoms with Gasteiger partial charge in [-0.2, -0.15) is 4.98 Å². The average molecular weight is 368 g/mol. The summed E-state index contributed by atoms with van der Waals surface area (Å²) in [5.41, 5.74) is 1.23. The Balaban J connectivity index is 1.59. The molecule has 3 atom stereocenters. The summed E-state index contributed by atoms with van der Waals surface area (Å²) in [5.74, 6) is 1.45. The molecule has 6 nitrogen and oxygen atoms in total. The highest BCUT2D eigenvalue weighted by Gasteiger charge is 2.30. The topological polar surface area (TPSA) is 61.5 Å². The maximum Gasteiger partial charge on any atom is 0.254 e. The van der Waals surface area contributed by atoms with Gasteiger partial charge < -0.3 is 14.5 Å². The van der Waals surface area contributed by atoms with Crippen molar-refractivity contribution in [2.75, 3.05) is 29.5 Å². The first-order valence-electron chi connectivity index (χ1n) is 9.92. The highest BCUT2D eigenvalue weighted by Crippen LogP contribution is 2.27. The number of ether oxygens (including phenoxy) is 1. The third kappa shape index (κ3) is 3.86. The summed E-state index contributed by atoms with van der Waals surface area (Å²) < 4.78 is 5.72. The summed E-state index contributed by atoms with van der Waals surface area (Å²) in [7, 11) is 0. The van der Waals surface area contributed by atoms with Gasteiger partial charge in [0.2, 0.25) is 5.95 Å². The summed E-state index contributed by atoms with van der Waals surface area (Å²) in [4.78, 5) is 24.7. The Morgan fingerprint density at radius 2 is 2.00 bits per heavy atom. The molecule has 2 aliphatic heterocycles.